The minimum Gasteiger partial charge on any atom is -0.355 e. The fourth-order valence-electron chi connectivity index (χ4n) is 1.15. The molecule has 0 aliphatic heterocycles. The fraction of sp³-hybridized carbons (Fsp3) is 0.222. The highest BCUT2D eigenvalue weighted by Crippen LogP contribution is 2.29. The Kier molecular flexibility index (Phi) is 2.42. The number of nitrogens with zero attached hydrogens (tertiary/aromatic N) is 1. The quantitative estimate of drug-likeness (QED) is 0.772. The van der Waals surface area contributed by atoms with Gasteiger partial charge in [0, 0.05) is 11.3 Å². The maximum Gasteiger partial charge on any atom is 0.179 e. The van der Waals surface area contributed by atoms with Gasteiger partial charge in [-0.05, 0) is 18.4 Å². The van der Waals surface area contributed by atoms with E-state index in [9.17, 15) is 0 Å². The third kappa shape index (κ3) is 1.51. The summed E-state index contributed by atoms with van der Waals surface area (Å²) in [6.07, 6.45) is 0. The Hall–Kier alpha value is -0.740. The Labute approximate surface area is 86.0 Å². The largest absolute Gasteiger partial charge is 0.355 e. The molecule has 0 saturated carbocycles. The number of aromatic nitrogens is 1. The summed E-state index contributed by atoms with van der Waals surface area (Å²) >= 11 is 5.83. The van der Waals surface area contributed by atoms with Crippen molar-refractivity contribution in [2.45, 2.75) is 12.7 Å². The lowest BCUT2D eigenvalue weighted by Crippen LogP contribution is -1.80. The molecule has 0 bridgehead atoms. The van der Waals surface area contributed by atoms with E-state index < -0.39 is 0 Å². The minimum absolute atomic E-state index is 0.626. The lowest BCUT2D eigenvalue weighted by molar-refractivity contribution is 0.427. The molecule has 2 heterocycles. The van der Waals surface area contributed by atoms with Gasteiger partial charge in [-0.25, -0.2) is 0 Å². The van der Waals surface area contributed by atoms with Crippen LogP contribution < -0.4 is 0 Å². The summed E-state index contributed by atoms with van der Waals surface area (Å²) < 4.78 is 5.24. The van der Waals surface area contributed by atoms with E-state index in [0.29, 0.717) is 5.75 Å². The first kappa shape index (κ1) is 8.84. The van der Waals surface area contributed by atoms with Crippen molar-refractivity contribution < 1.29 is 4.52 Å². The fourth-order valence-corrected chi connectivity index (χ4v) is 2.21. The first-order chi connectivity index (χ1) is 6.33. The van der Waals surface area contributed by atoms with Crippen molar-refractivity contribution in [3.8, 4) is 10.6 Å². The predicted octanol–water partition coefficient (Wildman–Crippen LogP) is 3.14. The van der Waals surface area contributed by atoms with Gasteiger partial charge in [0.1, 0.15) is 0 Å². The summed E-state index contributed by atoms with van der Waals surface area (Å²) in [5, 5.41) is 5.97. The van der Waals surface area contributed by atoms with Gasteiger partial charge < -0.3 is 4.52 Å². The molecule has 0 aliphatic carbocycles. The first-order valence-corrected chi connectivity index (χ1v) is 5.44. The van der Waals surface area contributed by atoms with Crippen LogP contribution in [0.1, 0.15) is 11.3 Å². The summed E-state index contributed by atoms with van der Waals surface area (Å²) in [6, 6.07) is 4.03. The van der Waals surface area contributed by atoms with Crippen LogP contribution in [-0.4, -0.2) is 5.16 Å². The highest BCUT2D eigenvalue weighted by atomic mass is 32.1. The van der Waals surface area contributed by atoms with Crippen molar-refractivity contribution >= 4 is 24.0 Å². The summed E-state index contributed by atoms with van der Waals surface area (Å²) in [7, 11) is 0. The highest BCUT2D eigenvalue weighted by Gasteiger charge is 2.12. The number of thiol groups is 1. The summed E-state index contributed by atoms with van der Waals surface area (Å²) in [4.78, 5) is 1.12. The minimum atomic E-state index is 0.626. The predicted molar refractivity (Wildman–Crippen MR) is 57.2 cm³/mol. The third-order valence-corrected chi connectivity index (χ3v) is 3.08. The molecule has 0 saturated heterocycles. The van der Waals surface area contributed by atoms with Crippen LogP contribution in [0.25, 0.3) is 10.6 Å². The van der Waals surface area contributed by atoms with Gasteiger partial charge in [0.05, 0.1) is 10.6 Å². The van der Waals surface area contributed by atoms with Crippen LogP contribution in [0.15, 0.2) is 22.0 Å². The standard InChI is InChI=1S/C9H9NOS2/c1-6-7(5-12)10-11-9(6)8-3-2-4-13-8/h2-4,12H,5H2,1H3. The molecule has 0 aromatic carbocycles. The van der Waals surface area contributed by atoms with Gasteiger partial charge in [-0.1, -0.05) is 11.2 Å². The van der Waals surface area contributed by atoms with Gasteiger partial charge in [-0.2, -0.15) is 12.6 Å². The molecule has 4 heteroatoms. The molecule has 0 aliphatic rings. The Morgan fingerprint density at radius 2 is 2.46 bits per heavy atom. The maximum atomic E-state index is 5.24. The number of hydrogen-bond acceptors (Lipinski definition) is 4. The van der Waals surface area contributed by atoms with E-state index in [0.717, 1.165) is 21.9 Å². The summed E-state index contributed by atoms with van der Waals surface area (Å²) in [5.41, 5.74) is 2.02. The van der Waals surface area contributed by atoms with Gasteiger partial charge in [-0.15, -0.1) is 11.3 Å². The van der Waals surface area contributed by atoms with Crippen LogP contribution in [0.3, 0.4) is 0 Å². The Balaban J connectivity index is 2.48. The molecule has 0 amide bonds. The van der Waals surface area contributed by atoms with Crippen LogP contribution in [-0.2, 0) is 5.75 Å². The molecule has 0 atom stereocenters. The summed E-state index contributed by atoms with van der Waals surface area (Å²) in [5.74, 6) is 1.50. The second-order valence-corrected chi connectivity index (χ2v) is 3.98. The van der Waals surface area contributed by atoms with Crippen molar-refractivity contribution in [3.05, 3.63) is 28.8 Å². The monoisotopic (exact) mass is 211 g/mol. The molecule has 0 radical (unpaired) electrons. The third-order valence-electron chi connectivity index (χ3n) is 1.92. The zero-order valence-electron chi connectivity index (χ0n) is 7.15. The zero-order valence-corrected chi connectivity index (χ0v) is 8.86. The second-order valence-electron chi connectivity index (χ2n) is 2.72. The molecule has 2 nitrogen and oxygen atoms in total. The van der Waals surface area contributed by atoms with E-state index >= 15 is 0 Å². The average molecular weight is 211 g/mol. The Bertz CT molecular complexity index is 392. The van der Waals surface area contributed by atoms with Crippen molar-refractivity contribution in [1.82, 2.24) is 5.16 Å². The molecule has 0 fully saturated rings. The lowest BCUT2D eigenvalue weighted by atomic mass is 10.2. The van der Waals surface area contributed by atoms with E-state index in [1.165, 1.54) is 0 Å². The zero-order chi connectivity index (χ0) is 9.26. The van der Waals surface area contributed by atoms with Crippen LogP contribution in [0.4, 0.5) is 0 Å². The number of thiophene rings is 1. The van der Waals surface area contributed by atoms with Crippen molar-refractivity contribution in [2.24, 2.45) is 0 Å². The maximum absolute atomic E-state index is 5.24. The SMILES string of the molecule is Cc1c(CS)noc1-c1cccs1. The molecule has 13 heavy (non-hydrogen) atoms. The second kappa shape index (κ2) is 3.55. The van der Waals surface area contributed by atoms with Crippen LogP contribution >= 0.6 is 24.0 Å². The molecule has 2 aromatic heterocycles. The molecular weight excluding hydrogens is 202 g/mol. The van der Waals surface area contributed by atoms with Crippen LogP contribution in [0.2, 0.25) is 0 Å². The average Bonchev–Trinajstić information content (AvgIpc) is 2.72. The van der Waals surface area contributed by atoms with E-state index in [-0.39, 0.29) is 0 Å². The molecule has 0 spiro atoms. The first-order valence-electron chi connectivity index (χ1n) is 3.93. The van der Waals surface area contributed by atoms with E-state index in [1.54, 1.807) is 11.3 Å². The van der Waals surface area contributed by atoms with Gasteiger partial charge >= 0.3 is 0 Å². The van der Waals surface area contributed by atoms with E-state index in [4.69, 9.17) is 4.52 Å². The van der Waals surface area contributed by atoms with Gasteiger partial charge in [0.2, 0.25) is 0 Å². The summed E-state index contributed by atoms with van der Waals surface area (Å²) in [6.45, 7) is 2.01. The van der Waals surface area contributed by atoms with Gasteiger partial charge in [0.15, 0.2) is 5.76 Å². The normalized spacial score (nSPS) is 10.6. The molecule has 68 valence electrons. The van der Waals surface area contributed by atoms with Gasteiger partial charge in [0.25, 0.3) is 0 Å². The topological polar surface area (TPSA) is 26.0 Å². The van der Waals surface area contributed by atoms with Crippen molar-refractivity contribution in [2.75, 3.05) is 0 Å². The highest BCUT2D eigenvalue weighted by molar-refractivity contribution is 7.79. The van der Waals surface area contributed by atoms with Crippen LogP contribution in [0.5, 0.6) is 0 Å². The van der Waals surface area contributed by atoms with E-state index in [2.05, 4.69) is 17.8 Å². The Morgan fingerprint density at radius 3 is 3.00 bits per heavy atom. The molecule has 2 rings (SSSR count). The van der Waals surface area contributed by atoms with E-state index in [1.807, 2.05) is 24.4 Å². The number of rotatable bonds is 2. The molecule has 0 N–H and O–H groups in total. The Morgan fingerprint density at radius 1 is 1.62 bits per heavy atom. The number of hydrogen-bond donors (Lipinski definition) is 1. The van der Waals surface area contributed by atoms with Crippen molar-refractivity contribution in [1.29, 1.82) is 0 Å². The smallest absolute Gasteiger partial charge is 0.179 e. The molecular formula is C9H9NOS2. The van der Waals surface area contributed by atoms with Crippen molar-refractivity contribution in [3.63, 3.8) is 0 Å². The molecule has 0 unspecified atom stereocenters. The van der Waals surface area contributed by atoms with Gasteiger partial charge in [-0.3, -0.25) is 0 Å². The molecule has 2 aromatic rings. The van der Waals surface area contributed by atoms with Crippen LogP contribution in [0, 0.1) is 6.92 Å². The lowest BCUT2D eigenvalue weighted by Gasteiger charge is -1.91.